The zero-order valence-corrected chi connectivity index (χ0v) is 11.9. The third-order valence-corrected chi connectivity index (χ3v) is 4.06. The monoisotopic (exact) mass is 267 g/mol. The van der Waals surface area contributed by atoms with Crippen LogP contribution in [0, 0.1) is 0 Å². The van der Waals surface area contributed by atoms with E-state index in [4.69, 9.17) is 5.73 Å². The average Bonchev–Trinajstić information content (AvgIpc) is 2.98. The second-order valence-electron chi connectivity index (χ2n) is 5.57. The molecule has 2 heterocycles. The Bertz CT molecular complexity index is 548. The Morgan fingerprint density at radius 2 is 2.00 bits per heavy atom. The molecule has 3 nitrogen and oxygen atoms in total. The molecule has 104 valence electrons. The van der Waals surface area contributed by atoms with E-state index in [-0.39, 0.29) is 6.04 Å². The summed E-state index contributed by atoms with van der Waals surface area (Å²) in [5.74, 6) is 0.629. The van der Waals surface area contributed by atoms with E-state index in [0.717, 1.165) is 18.8 Å². The minimum Gasteiger partial charge on any atom is -0.370 e. The topological polar surface area (TPSA) is 42.1 Å². The fraction of sp³-hybridized carbons (Fsp3) is 0.353. The first-order valence-electron chi connectivity index (χ1n) is 7.25. The summed E-state index contributed by atoms with van der Waals surface area (Å²) < 4.78 is 0. The molecule has 1 aliphatic rings. The van der Waals surface area contributed by atoms with Crippen molar-refractivity contribution in [1.29, 1.82) is 0 Å². The predicted octanol–water partition coefficient (Wildman–Crippen LogP) is 3.10. The molecule has 0 spiro atoms. The predicted molar refractivity (Wildman–Crippen MR) is 82.9 cm³/mol. The van der Waals surface area contributed by atoms with Gasteiger partial charge in [0.1, 0.15) is 0 Å². The molecule has 2 atom stereocenters. The van der Waals surface area contributed by atoms with Crippen molar-refractivity contribution in [1.82, 2.24) is 4.98 Å². The zero-order chi connectivity index (χ0) is 13.9. The first kappa shape index (κ1) is 13.1. The number of pyridine rings is 1. The van der Waals surface area contributed by atoms with Gasteiger partial charge in [0.05, 0.1) is 17.6 Å². The Labute approximate surface area is 120 Å². The summed E-state index contributed by atoms with van der Waals surface area (Å²) in [6.45, 7) is 4.13. The molecule has 2 N–H and O–H groups in total. The van der Waals surface area contributed by atoms with Gasteiger partial charge in [0.25, 0.3) is 0 Å². The van der Waals surface area contributed by atoms with Crippen molar-refractivity contribution in [3.8, 4) is 0 Å². The molecule has 1 aliphatic heterocycles. The molecule has 3 heteroatoms. The number of hydrogen-bond donors (Lipinski definition) is 1. The lowest BCUT2D eigenvalue weighted by Gasteiger charge is -2.19. The molecule has 0 radical (unpaired) electrons. The van der Waals surface area contributed by atoms with Crippen molar-refractivity contribution in [3.05, 3.63) is 59.9 Å². The molecule has 1 aromatic heterocycles. The number of rotatable bonds is 3. The SMILES string of the molecule is CC(N)c1ccc(N2CCC(c3ccccc3)C2)cn1. The van der Waals surface area contributed by atoms with Crippen LogP contribution in [0.4, 0.5) is 5.69 Å². The van der Waals surface area contributed by atoms with Crippen molar-refractivity contribution in [2.45, 2.75) is 25.3 Å². The normalized spacial score (nSPS) is 20.1. The number of nitrogens with two attached hydrogens (primary N) is 1. The van der Waals surface area contributed by atoms with E-state index in [0.29, 0.717) is 5.92 Å². The van der Waals surface area contributed by atoms with Gasteiger partial charge in [0, 0.05) is 25.0 Å². The molecule has 1 aromatic carbocycles. The second kappa shape index (κ2) is 5.63. The zero-order valence-electron chi connectivity index (χ0n) is 11.9. The maximum atomic E-state index is 5.84. The molecule has 20 heavy (non-hydrogen) atoms. The Balaban J connectivity index is 1.71. The second-order valence-corrected chi connectivity index (χ2v) is 5.57. The quantitative estimate of drug-likeness (QED) is 0.929. The lowest BCUT2D eigenvalue weighted by atomic mass is 9.99. The van der Waals surface area contributed by atoms with Gasteiger partial charge in [-0.25, -0.2) is 0 Å². The van der Waals surface area contributed by atoms with E-state index in [1.165, 1.54) is 17.7 Å². The minimum absolute atomic E-state index is 0.000282. The molecular formula is C17H21N3. The van der Waals surface area contributed by atoms with Gasteiger partial charge >= 0.3 is 0 Å². The standard InChI is InChI=1S/C17H21N3/c1-13(18)17-8-7-16(11-19-17)20-10-9-15(12-20)14-5-3-2-4-6-14/h2-8,11,13,15H,9-10,12,18H2,1H3. The first-order chi connectivity index (χ1) is 9.74. The lowest BCUT2D eigenvalue weighted by Crippen LogP contribution is -2.19. The summed E-state index contributed by atoms with van der Waals surface area (Å²) in [7, 11) is 0. The summed E-state index contributed by atoms with van der Waals surface area (Å²) in [6, 6.07) is 15.0. The van der Waals surface area contributed by atoms with Gasteiger partial charge in [-0.3, -0.25) is 4.98 Å². The Kier molecular flexibility index (Phi) is 3.70. The highest BCUT2D eigenvalue weighted by molar-refractivity contribution is 5.47. The van der Waals surface area contributed by atoms with Gasteiger partial charge in [-0.2, -0.15) is 0 Å². The molecule has 1 saturated heterocycles. The van der Waals surface area contributed by atoms with Crippen LogP contribution in [0.5, 0.6) is 0 Å². The van der Waals surface area contributed by atoms with E-state index in [1.54, 1.807) is 0 Å². The molecule has 2 unspecified atom stereocenters. The van der Waals surface area contributed by atoms with Gasteiger partial charge in [-0.05, 0) is 31.0 Å². The fourth-order valence-corrected chi connectivity index (χ4v) is 2.85. The van der Waals surface area contributed by atoms with Crippen LogP contribution in [-0.4, -0.2) is 18.1 Å². The van der Waals surface area contributed by atoms with Crippen molar-refractivity contribution in [3.63, 3.8) is 0 Å². The van der Waals surface area contributed by atoms with Crippen LogP contribution < -0.4 is 10.6 Å². The maximum Gasteiger partial charge on any atom is 0.0569 e. The largest absolute Gasteiger partial charge is 0.370 e. The summed E-state index contributed by atoms with van der Waals surface area (Å²) >= 11 is 0. The van der Waals surface area contributed by atoms with Gasteiger partial charge in [-0.15, -0.1) is 0 Å². The van der Waals surface area contributed by atoms with Crippen molar-refractivity contribution in [2.24, 2.45) is 5.73 Å². The van der Waals surface area contributed by atoms with Gasteiger partial charge in [0.15, 0.2) is 0 Å². The highest BCUT2D eigenvalue weighted by atomic mass is 15.2. The molecule has 1 fully saturated rings. The molecule has 3 rings (SSSR count). The van der Waals surface area contributed by atoms with Crippen LogP contribution in [0.15, 0.2) is 48.7 Å². The highest BCUT2D eigenvalue weighted by Gasteiger charge is 2.24. The van der Waals surface area contributed by atoms with Gasteiger partial charge in [0.2, 0.25) is 0 Å². The molecule has 2 aromatic rings. The van der Waals surface area contributed by atoms with Crippen LogP contribution >= 0.6 is 0 Å². The van der Waals surface area contributed by atoms with Gasteiger partial charge < -0.3 is 10.6 Å². The van der Waals surface area contributed by atoms with Crippen LogP contribution in [0.1, 0.15) is 36.6 Å². The van der Waals surface area contributed by atoms with Crippen molar-refractivity contribution in [2.75, 3.05) is 18.0 Å². The Morgan fingerprint density at radius 3 is 2.65 bits per heavy atom. The smallest absolute Gasteiger partial charge is 0.0569 e. The number of hydrogen-bond acceptors (Lipinski definition) is 3. The van der Waals surface area contributed by atoms with E-state index in [1.807, 2.05) is 19.2 Å². The van der Waals surface area contributed by atoms with E-state index in [9.17, 15) is 0 Å². The summed E-state index contributed by atoms with van der Waals surface area (Å²) in [5.41, 5.74) is 9.43. The van der Waals surface area contributed by atoms with Crippen LogP contribution in [0.3, 0.4) is 0 Å². The molecular weight excluding hydrogens is 246 g/mol. The molecule has 0 amide bonds. The maximum absolute atomic E-state index is 5.84. The van der Waals surface area contributed by atoms with E-state index < -0.39 is 0 Å². The fourth-order valence-electron chi connectivity index (χ4n) is 2.85. The third-order valence-electron chi connectivity index (χ3n) is 4.06. The Hall–Kier alpha value is -1.87. The van der Waals surface area contributed by atoms with Crippen LogP contribution in [-0.2, 0) is 0 Å². The van der Waals surface area contributed by atoms with Crippen molar-refractivity contribution >= 4 is 5.69 Å². The molecule has 0 saturated carbocycles. The number of nitrogens with zero attached hydrogens (tertiary/aromatic N) is 2. The number of aromatic nitrogens is 1. The van der Waals surface area contributed by atoms with Crippen LogP contribution in [0.2, 0.25) is 0 Å². The first-order valence-corrected chi connectivity index (χ1v) is 7.25. The summed E-state index contributed by atoms with van der Waals surface area (Å²) in [5, 5.41) is 0. The van der Waals surface area contributed by atoms with E-state index >= 15 is 0 Å². The number of anilines is 1. The highest BCUT2D eigenvalue weighted by Crippen LogP contribution is 2.30. The average molecular weight is 267 g/mol. The van der Waals surface area contributed by atoms with Crippen LogP contribution in [0.25, 0.3) is 0 Å². The van der Waals surface area contributed by atoms with E-state index in [2.05, 4.69) is 46.3 Å². The summed E-state index contributed by atoms with van der Waals surface area (Å²) in [4.78, 5) is 6.87. The molecule has 0 aliphatic carbocycles. The van der Waals surface area contributed by atoms with Crippen molar-refractivity contribution < 1.29 is 0 Å². The summed E-state index contributed by atoms with van der Waals surface area (Å²) in [6.07, 6.45) is 3.16. The van der Waals surface area contributed by atoms with Gasteiger partial charge in [-0.1, -0.05) is 30.3 Å². The number of benzene rings is 1. The minimum atomic E-state index is -0.000282. The molecule has 0 bridgehead atoms. The third kappa shape index (κ3) is 2.68. The Morgan fingerprint density at radius 1 is 1.20 bits per heavy atom. The lowest BCUT2D eigenvalue weighted by molar-refractivity contribution is 0.772.